The van der Waals surface area contributed by atoms with Crippen LogP contribution in [0.5, 0.6) is 0 Å². The topological polar surface area (TPSA) is 76.1 Å². The quantitative estimate of drug-likeness (QED) is 0.783. The van der Waals surface area contributed by atoms with E-state index in [1.165, 1.54) is 4.90 Å². The van der Waals surface area contributed by atoms with Crippen molar-refractivity contribution >= 4 is 12.1 Å². The minimum Gasteiger partial charge on any atom is -0.464 e. The lowest BCUT2D eigenvalue weighted by atomic mass is 9.88. The summed E-state index contributed by atoms with van der Waals surface area (Å²) < 4.78 is 10.5. The van der Waals surface area contributed by atoms with Crippen molar-refractivity contribution < 1.29 is 24.2 Å². The number of hydrogen-bond donors (Lipinski definition) is 1. The van der Waals surface area contributed by atoms with E-state index in [0.717, 1.165) is 0 Å². The van der Waals surface area contributed by atoms with Crippen molar-refractivity contribution in [1.82, 2.24) is 4.90 Å². The second-order valence-corrected chi connectivity index (χ2v) is 6.90. The largest absolute Gasteiger partial charge is 0.464 e. The molecule has 1 aliphatic carbocycles. The fourth-order valence-electron chi connectivity index (χ4n) is 3.42. The van der Waals surface area contributed by atoms with Gasteiger partial charge in [-0.1, -0.05) is 6.92 Å². The molecule has 6 nitrogen and oxygen atoms in total. The molecule has 1 aliphatic heterocycles. The number of ether oxygens (including phenoxy) is 2. The second kappa shape index (κ2) is 5.48. The summed E-state index contributed by atoms with van der Waals surface area (Å²) in [7, 11) is 0. The number of aliphatic hydroxyl groups excluding tert-OH is 1. The fraction of sp³-hybridized carbons (Fsp3) is 0.867. The van der Waals surface area contributed by atoms with Gasteiger partial charge in [-0.3, -0.25) is 4.90 Å². The van der Waals surface area contributed by atoms with Gasteiger partial charge in [0, 0.05) is 0 Å². The van der Waals surface area contributed by atoms with E-state index in [0.29, 0.717) is 6.42 Å². The van der Waals surface area contributed by atoms with Gasteiger partial charge in [-0.15, -0.1) is 0 Å². The van der Waals surface area contributed by atoms with Crippen LogP contribution in [0.25, 0.3) is 0 Å². The minimum atomic E-state index is -0.650. The predicted molar refractivity (Wildman–Crippen MR) is 75.6 cm³/mol. The monoisotopic (exact) mass is 299 g/mol. The molecule has 1 saturated heterocycles. The Balaban J connectivity index is 2.24. The standard InChI is InChI=1S/C15H25NO5/c1-6-20-13(18)11-9-7-10(12(17)8(9)2)16(11)14(19)21-15(3,4)5/h8-12,17H,6-7H2,1-5H3/t8?,9-,10+,11+,12?/m1/s1. The van der Waals surface area contributed by atoms with Gasteiger partial charge < -0.3 is 14.6 Å². The normalized spacial score (nSPS) is 35.0. The highest BCUT2D eigenvalue weighted by atomic mass is 16.6. The van der Waals surface area contributed by atoms with Crippen LogP contribution in [-0.4, -0.2) is 52.5 Å². The van der Waals surface area contributed by atoms with E-state index in [-0.39, 0.29) is 24.5 Å². The van der Waals surface area contributed by atoms with Gasteiger partial charge in [-0.2, -0.15) is 0 Å². The van der Waals surface area contributed by atoms with Gasteiger partial charge in [0.15, 0.2) is 0 Å². The van der Waals surface area contributed by atoms with Crippen LogP contribution in [0.1, 0.15) is 41.0 Å². The van der Waals surface area contributed by atoms with Gasteiger partial charge in [0.2, 0.25) is 0 Å². The lowest BCUT2D eigenvalue weighted by Gasteiger charge is -2.39. The molecule has 0 radical (unpaired) electrons. The van der Waals surface area contributed by atoms with Crippen molar-refractivity contribution in [3.63, 3.8) is 0 Å². The zero-order chi connectivity index (χ0) is 15.9. The van der Waals surface area contributed by atoms with Crippen molar-refractivity contribution in [3.8, 4) is 0 Å². The van der Waals surface area contributed by atoms with E-state index < -0.39 is 29.8 Å². The van der Waals surface area contributed by atoms with Crippen LogP contribution in [0.15, 0.2) is 0 Å². The number of rotatable bonds is 2. The average Bonchev–Trinajstić information content (AvgIpc) is 2.86. The number of piperidine rings is 1. The number of esters is 1. The SMILES string of the molecule is CCOC(=O)[C@@H]1[C@@H]2C[C@@H](C(O)C2C)N1C(=O)OC(C)(C)C. The maximum atomic E-state index is 12.4. The number of aliphatic hydroxyl groups is 1. The Labute approximate surface area is 125 Å². The third kappa shape index (κ3) is 2.86. The maximum absolute atomic E-state index is 12.4. The summed E-state index contributed by atoms with van der Waals surface area (Å²) in [5.74, 6) is -0.505. The number of likely N-dealkylation sites (tertiary alicyclic amines) is 1. The van der Waals surface area contributed by atoms with E-state index in [1.54, 1.807) is 27.7 Å². The van der Waals surface area contributed by atoms with E-state index >= 15 is 0 Å². The lowest BCUT2D eigenvalue weighted by molar-refractivity contribution is -0.154. The molecule has 2 aliphatic rings. The molecule has 5 atom stereocenters. The summed E-state index contributed by atoms with van der Waals surface area (Å²) >= 11 is 0. The van der Waals surface area contributed by atoms with Crippen molar-refractivity contribution in [1.29, 1.82) is 0 Å². The highest BCUT2D eigenvalue weighted by Crippen LogP contribution is 2.47. The van der Waals surface area contributed by atoms with Crippen LogP contribution in [0.4, 0.5) is 4.79 Å². The number of nitrogens with zero attached hydrogens (tertiary/aromatic N) is 1. The van der Waals surface area contributed by atoms with Crippen LogP contribution in [0.3, 0.4) is 0 Å². The number of carbonyl (C=O) groups excluding carboxylic acids is 2. The van der Waals surface area contributed by atoms with Crippen LogP contribution >= 0.6 is 0 Å². The van der Waals surface area contributed by atoms with Gasteiger partial charge in [0.05, 0.1) is 18.8 Å². The molecular formula is C15H25NO5. The Morgan fingerprint density at radius 1 is 1.33 bits per heavy atom. The Bertz CT molecular complexity index is 430. The number of hydrogen-bond acceptors (Lipinski definition) is 5. The number of amides is 1. The van der Waals surface area contributed by atoms with E-state index in [2.05, 4.69) is 0 Å². The first-order valence-corrected chi connectivity index (χ1v) is 7.53. The lowest BCUT2D eigenvalue weighted by Crippen LogP contribution is -2.57. The summed E-state index contributed by atoms with van der Waals surface area (Å²) in [5, 5.41) is 10.2. The van der Waals surface area contributed by atoms with Crippen LogP contribution < -0.4 is 0 Å². The summed E-state index contributed by atoms with van der Waals surface area (Å²) in [6.45, 7) is 9.24. The molecule has 1 saturated carbocycles. The Kier molecular flexibility index (Phi) is 4.19. The average molecular weight is 299 g/mol. The fourth-order valence-corrected chi connectivity index (χ4v) is 3.42. The number of fused-ring (bicyclic) bond motifs is 2. The van der Waals surface area contributed by atoms with Crippen LogP contribution in [0.2, 0.25) is 0 Å². The van der Waals surface area contributed by atoms with Crippen LogP contribution in [-0.2, 0) is 14.3 Å². The van der Waals surface area contributed by atoms with E-state index in [1.807, 2.05) is 6.92 Å². The third-order valence-electron chi connectivity index (χ3n) is 4.32. The van der Waals surface area contributed by atoms with Gasteiger partial charge in [0.25, 0.3) is 0 Å². The van der Waals surface area contributed by atoms with Gasteiger partial charge in [-0.05, 0) is 46.0 Å². The third-order valence-corrected chi connectivity index (χ3v) is 4.32. The molecule has 0 spiro atoms. The van der Waals surface area contributed by atoms with Crippen molar-refractivity contribution in [2.45, 2.75) is 64.8 Å². The van der Waals surface area contributed by atoms with Gasteiger partial charge >= 0.3 is 12.1 Å². The molecule has 1 heterocycles. The molecule has 2 fully saturated rings. The summed E-state index contributed by atoms with van der Waals surface area (Å²) in [6, 6.07) is -1.02. The Hall–Kier alpha value is -1.30. The zero-order valence-electron chi connectivity index (χ0n) is 13.3. The molecule has 0 aromatic carbocycles. The minimum absolute atomic E-state index is 0.0249. The first-order chi connectivity index (χ1) is 9.67. The maximum Gasteiger partial charge on any atom is 0.411 e. The summed E-state index contributed by atoms with van der Waals surface area (Å²) in [4.78, 5) is 26.0. The zero-order valence-corrected chi connectivity index (χ0v) is 13.3. The molecular weight excluding hydrogens is 274 g/mol. The van der Waals surface area contributed by atoms with Crippen molar-refractivity contribution in [2.24, 2.45) is 11.8 Å². The van der Waals surface area contributed by atoms with Crippen molar-refractivity contribution in [3.05, 3.63) is 0 Å². The Morgan fingerprint density at radius 2 is 1.95 bits per heavy atom. The van der Waals surface area contributed by atoms with E-state index in [4.69, 9.17) is 9.47 Å². The summed E-state index contributed by atoms with van der Waals surface area (Å²) in [6.07, 6.45) is -0.558. The van der Waals surface area contributed by atoms with Gasteiger partial charge in [-0.25, -0.2) is 9.59 Å². The Morgan fingerprint density at radius 3 is 2.48 bits per heavy atom. The van der Waals surface area contributed by atoms with Crippen LogP contribution in [0, 0.1) is 11.8 Å². The molecule has 0 aromatic rings. The van der Waals surface area contributed by atoms with Crippen molar-refractivity contribution in [2.75, 3.05) is 6.61 Å². The summed E-state index contributed by atoms with van der Waals surface area (Å²) in [5.41, 5.74) is -0.644. The molecule has 0 aromatic heterocycles. The number of carbonyl (C=O) groups is 2. The molecule has 21 heavy (non-hydrogen) atoms. The van der Waals surface area contributed by atoms with E-state index in [9.17, 15) is 14.7 Å². The molecule has 6 heteroatoms. The smallest absolute Gasteiger partial charge is 0.411 e. The first kappa shape index (κ1) is 16.1. The predicted octanol–water partition coefficient (Wildman–Crippen LogP) is 1.55. The first-order valence-electron chi connectivity index (χ1n) is 7.53. The molecule has 1 amide bonds. The molecule has 2 rings (SSSR count). The van der Waals surface area contributed by atoms with Gasteiger partial charge in [0.1, 0.15) is 11.6 Å². The molecule has 2 unspecified atom stereocenters. The highest BCUT2D eigenvalue weighted by Gasteiger charge is 2.60. The molecule has 120 valence electrons. The second-order valence-electron chi connectivity index (χ2n) is 6.90. The highest BCUT2D eigenvalue weighted by molar-refractivity contribution is 5.83. The molecule has 1 N–H and O–H groups in total. The molecule has 2 bridgehead atoms.